The number of benzene rings is 3. The van der Waals surface area contributed by atoms with Crippen LogP contribution in [0.1, 0.15) is 27.6 Å². The van der Waals surface area contributed by atoms with Crippen molar-refractivity contribution in [2.75, 3.05) is 11.9 Å². The van der Waals surface area contributed by atoms with Gasteiger partial charge in [-0.3, -0.25) is 24.6 Å². The monoisotopic (exact) mass is 395 g/mol. The lowest BCUT2D eigenvalue weighted by Crippen LogP contribution is -2.40. The van der Waals surface area contributed by atoms with E-state index in [0.29, 0.717) is 27.0 Å². The van der Waals surface area contributed by atoms with Gasteiger partial charge in [-0.25, -0.2) is 0 Å². The number of nitro groups is 1. The number of carbonyl (C=O) groups excluding carboxylic acids is 2. The van der Waals surface area contributed by atoms with E-state index in [1.165, 1.54) is 6.07 Å². The fourth-order valence-corrected chi connectivity index (χ4v) is 3.66. The molecule has 0 spiro atoms. The van der Waals surface area contributed by atoms with Gasteiger partial charge in [-0.15, -0.1) is 0 Å². The van der Waals surface area contributed by atoms with E-state index in [-0.39, 0.29) is 23.5 Å². The van der Waals surface area contributed by atoms with Gasteiger partial charge in [-0.1, -0.05) is 29.8 Å². The summed E-state index contributed by atoms with van der Waals surface area (Å²) in [6.45, 7) is 1.87. The number of carbonyl (C=O) groups is 2. The zero-order valence-corrected chi connectivity index (χ0v) is 15.5. The summed E-state index contributed by atoms with van der Waals surface area (Å²) in [5.41, 5.74) is 1.00. The predicted molar refractivity (Wildman–Crippen MR) is 106 cm³/mol. The molecule has 28 heavy (non-hydrogen) atoms. The van der Waals surface area contributed by atoms with Crippen LogP contribution in [0.2, 0.25) is 5.02 Å². The molecule has 140 valence electrons. The molecule has 1 aliphatic heterocycles. The minimum Gasteiger partial charge on any atom is -0.349 e. The molecule has 0 aromatic heterocycles. The molecule has 7 nitrogen and oxygen atoms in total. The first-order chi connectivity index (χ1) is 13.4. The first-order valence-corrected chi connectivity index (χ1v) is 8.93. The summed E-state index contributed by atoms with van der Waals surface area (Å²) in [6.07, 6.45) is 0. The number of hydrogen-bond donors (Lipinski definition) is 1. The molecule has 0 unspecified atom stereocenters. The van der Waals surface area contributed by atoms with E-state index in [4.69, 9.17) is 11.6 Å². The number of rotatable bonds is 4. The van der Waals surface area contributed by atoms with Crippen LogP contribution in [0.4, 0.5) is 17.1 Å². The number of halogens is 1. The number of anilines is 2. The maximum Gasteiger partial charge on any atom is 0.294 e. The van der Waals surface area contributed by atoms with E-state index in [1.807, 2.05) is 0 Å². The van der Waals surface area contributed by atoms with Crippen molar-refractivity contribution >= 4 is 51.2 Å². The molecule has 0 aliphatic carbocycles. The molecule has 0 saturated carbocycles. The first kappa shape index (κ1) is 17.9. The van der Waals surface area contributed by atoms with Crippen molar-refractivity contribution in [3.8, 4) is 0 Å². The van der Waals surface area contributed by atoms with Crippen LogP contribution in [-0.4, -0.2) is 28.2 Å². The average Bonchev–Trinajstić information content (AvgIpc) is 2.67. The normalized spacial score (nSPS) is 13.1. The Balaban J connectivity index is 2.03. The maximum absolute atomic E-state index is 12.8. The van der Waals surface area contributed by atoms with Gasteiger partial charge in [0.2, 0.25) is 0 Å². The minimum absolute atomic E-state index is 0.149. The maximum atomic E-state index is 12.8. The molecule has 2 amide bonds. The van der Waals surface area contributed by atoms with E-state index >= 15 is 0 Å². The lowest BCUT2D eigenvalue weighted by Gasteiger charge is -2.26. The standard InChI is InChI=1S/C20H14ClN3O4/c1-2-23-19(25)14-8-4-7-13-17(14)15(20(23)26)10-16(24(27)28)18(13)22-12-6-3-5-11(21)9-12/h3-10,22H,2H2,1H3. The topological polar surface area (TPSA) is 92.6 Å². The molecule has 4 rings (SSSR count). The average molecular weight is 396 g/mol. The minimum atomic E-state index is -0.546. The molecule has 1 N–H and O–H groups in total. The second kappa shape index (κ2) is 6.61. The number of amides is 2. The van der Waals surface area contributed by atoms with Crippen LogP contribution in [0.15, 0.2) is 48.5 Å². The molecular weight excluding hydrogens is 382 g/mol. The van der Waals surface area contributed by atoms with Gasteiger partial charge < -0.3 is 5.32 Å². The summed E-state index contributed by atoms with van der Waals surface area (Å²) < 4.78 is 0. The summed E-state index contributed by atoms with van der Waals surface area (Å²) in [6, 6.07) is 12.9. The van der Waals surface area contributed by atoms with Crippen molar-refractivity contribution in [3.05, 3.63) is 74.8 Å². The highest BCUT2D eigenvalue weighted by Crippen LogP contribution is 2.41. The van der Waals surface area contributed by atoms with Gasteiger partial charge in [0, 0.05) is 39.7 Å². The van der Waals surface area contributed by atoms with Crippen LogP contribution in [0.25, 0.3) is 10.8 Å². The molecule has 0 saturated heterocycles. The van der Waals surface area contributed by atoms with Crippen molar-refractivity contribution in [1.29, 1.82) is 0 Å². The molecule has 0 bridgehead atoms. The van der Waals surface area contributed by atoms with E-state index < -0.39 is 16.7 Å². The van der Waals surface area contributed by atoms with E-state index in [2.05, 4.69) is 5.32 Å². The van der Waals surface area contributed by atoms with Crippen molar-refractivity contribution in [2.45, 2.75) is 6.92 Å². The first-order valence-electron chi connectivity index (χ1n) is 8.55. The molecule has 0 fully saturated rings. The number of nitro benzene ring substituents is 1. The van der Waals surface area contributed by atoms with Crippen molar-refractivity contribution in [3.63, 3.8) is 0 Å². The molecule has 3 aromatic rings. The van der Waals surface area contributed by atoms with Gasteiger partial charge in [0.05, 0.1) is 10.5 Å². The number of imide groups is 1. The van der Waals surface area contributed by atoms with E-state index in [0.717, 1.165) is 4.90 Å². The summed E-state index contributed by atoms with van der Waals surface area (Å²) in [4.78, 5) is 37.8. The molecule has 0 atom stereocenters. The summed E-state index contributed by atoms with van der Waals surface area (Å²) in [5.74, 6) is -0.943. The van der Waals surface area contributed by atoms with Crippen LogP contribution in [0, 0.1) is 10.1 Å². The third-order valence-corrected chi connectivity index (χ3v) is 4.93. The second-order valence-electron chi connectivity index (χ2n) is 6.29. The predicted octanol–water partition coefficient (Wildman–Crippen LogP) is 4.76. The van der Waals surface area contributed by atoms with Crippen LogP contribution in [0.5, 0.6) is 0 Å². The highest BCUT2D eigenvalue weighted by molar-refractivity contribution is 6.31. The number of hydrogen-bond acceptors (Lipinski definition) is 5. The Bertz CT molecular complexity index is 1180. The van der Waals surface area contributed by atoms with Crippen LogP contribution in [0.3, 0.4) is 0 Å². The molecule has 1 heterocycles. The molecule has 3 aromatic carbocycles. The molecule has 0 radical (unpaired) electrons. The highest BCUT2D eigenvalue weighted by Gasteiger charge is 2.35. The second-order valence-corrected chi connectivity index (χ2v) is 6.73. The lowest BCUT2D eigenvalue weighted by atomic mass is 9.92. The Kier molecular flexibility index (Phi) is 4.24. The van der Waals surface area contributed by atoms with Crippen LogP contribution >= 0.6 is 11.6 Å². The van der Waals surface area contributed by atoms with Gasteiger partial charge in [0.25, 0.3) is 17.5 Å². The SMILES string of the molecule is CCN1C(=O)c2cccc3c(Nc4cccc(Cl)c4)c([N+](=O)[O-])cc(c23)C1=O. The number of nitrogens with zero attached hydrogens (tertiary/aromatic N) is 2. The van der Waals surface area contributed by atoms with Crippen molar-refractivity contribution in [1.82, 2.24) is 4.90 Å². The summed E-state index contributed by atoms with van der Waals surface area (Å²) in [5, 5.41) is 16.1. The Morgan fingerprint density at radius 2 is 1.79 bits per heavy atom. The third kappa shape index (κ3) is 2.68. The fraction of sp³-hybridized carbons (Fsp3) is 0.100. The van der Waals surface area contributed by atoms with Gasteiger partial charge in [0.15, 0.2) is 0 Å². The lowest BCUT2D eigenvalue weighted by molar-refractivity contribution is -0.383. The van der Waals surface area contributed by atoms with Gasteiger partial charge in [0.1, 0.15) is 5.69 Å². The largest absolute Gasteiger partial charge is 0.349 e. The van der Waals surface area contributed by atoms with Gasteiger partial charge in [-0.2, -0.15) is 0 Å². The zero-order valence-electron chi connectivity index (χ0n) is 14.7. The Morgan fingerprint density at radius 3 is 2.46 bits per heavy atom. The molecule has 1 aliphatic rings. The molecular formula is C20H14ClN3O4. The Labute approximate surface area is 164 Å². The Hall–Kier alpha value is -3.45. The smallest absolute Gasteiger partial charge is 0.294 e. The molecule has 8 heteroatoms. The van der Waals surface area contributed by atoms with E-state index in [9.17, 15) is 19.7 Å². The third-order valence-electron chi connectivity index (χ3n) is 4.70. The summed E-state index contributed by atoms with van der Waals surface area (Å²) in [7, 11) is 0. The summed E-state index contributed by atoms with van der Waals surface area (Å²) >= 11 is 6.02. The van der Waals surface area contributed by atoms with E-state index in [1.54, 1.807) is 49.4 Å². The fourth-order valence-electron chi connectivity index (χ4n) is 3.47. The quantitative estimate of drug-likeness (QED) is 0.390. The van der Waals surface area contributed by atoms with Crippen molar-refractivity contribution < 1.29 is 14.5 Å². The highest BCUT2D eigenvalue weighted by atomic mass is 35.5. The van der Waals surface area contributed by atoms with Gasteiger partial charge >= 0.3 is 0 Å². The van der Waals surface area contributed by atoms with Crippen molar-refractivity contribution in [2.24, 2.45) is 0 Å². The Morgan fingerprint density at radius 1 is 1.07 bits per heavy atom. The van der Waals surface area contributed by atoms with Crippen LogP contribution < -0.4 is 5.32 Å². The van der Waals surface area contributed by atoms with Crippen LogP contribution in [-0.2, 0) is 0 Å². The zero-order chi connectivity index (χ0) is 20.0. The van der Waals surface area contributed by atoms with Gasteiger partial charge in [-0.05, 0) is 31.2 Å². The number of nitrogens with one attached hydrogen (secondary N) is 1.